The zero-order valence-electron chi connectivity index (χ0n) is 18.8. The van der Waals surface area contributed by atoms with Crippen molar-refractivity contribution in [3.63, 3.8) is 0 Å². The molecule has 0 saturated carbocycles. The maximum absolute atomic E-state index is 13.6. The Kier molecular flexibility index (Phi) is 6.51. The molecule has 0 aromatic heterocycles. The highest BCUT2D eigenvalue weighted by molar-refractivity contribution is 9.10. The first-order chi connectivity index (χ1) is 15.8. The number of hydrogen-bond donors (Lipinski definition) is 1. The van der Waals surface area contributed by atoms with E-state index in [2.05, 4.69) is 21.2 Å². The molecule has 33 heavy (non-hydrogen) atoms. The highest BCUT2D eigenvalue weighted by atomic mass is 79.9. The zero-order valence-corrected chi connectivity index (χ0v) is 20.4. The SMILES string of the molecule is CC(C)NC(=O)C(C)N(Cc1cccc(Br)c1)C(=O)CN1C(=O)c2cccc3cccc1c23. The number of nitrogens with one attached hydrogen (secondary N) is 1. The second-order valence-electron chi connectivity index (χ2n) is 8.56. The summed E-state index contributed by atoms with van der Waals surface area (Å²) in [5.74, 6) is -0.720. The molecule has 3 aromatic rings. The van der Waals surface area contributed by atoms with Gasteiger partial charge < -0.3 is 10.2 Å². The smallest absolute Gasteiger partial charge is 0.259 e. The van der Waals surface area contributed by atoms with Crippen LogP contribution in [0.25, 0.3) is 10.8 Å². The Labute approximate surface area is 201 Å². The van der Waals surface area contributed by atoms with Gasteiger partial charge >= 0.3 is 0 Å². The van der Waals surface area contributed by atoms with E-state index in [1.807, 2.05) is 68.4 Å². The van der Waals surface area contributed by atoms with Crippen LogP contribution in [0.2, 0.25) is 0 Å². The van der Waals surface area contributed by atoms with Gasteiger partial charge in [0, 0.05) is 28.0 Å². The van der Waals surface area contributed by atoms with Gasteiger partial charge in [0.25, 0.3) is 5.91 Å². The van der Waals surface area contributed by atoms with Crippen molar-refractivity contribution >= 4 is 50.1 Å². The van der Waals surface area contributed by atoms with Crippen molar-refractivity contribution in [1.29, 1.82) is 0 Å². The van der Waals surface area contributed by atoms with Crippen molar-refractivity contribution in [3.8, 4) is 0 Å². The molecule has 3 amide bonds. The van der Waals surface area contributed by atoms with Gasteiger partial charge in [-0.2, -0.15) is 0 Å². The normalized spacial score (nSPS) is 13.5. The Balaban J connectivity index is 1.63. The fraction of sp³-hybridized carbons (Fsp3) is 0.269. The van der Waals surface area contributed by atoms with E-state index in [-0.39, 0.29) is 36.9 Å². The number of carbonyl (C=O) groups is 3. The summed E-state index contributed by atoms with van der Waals surface area (Å²) in [6.07, 6.45) is 0. The fourth-order valence-electron chi connectivity index (χ4n) is 4.18. The summed E-state index contributed by atoms with van der Waals surface area (Å²) in [5.41, 5.74) is 2.21. The lowest BCUT2D eigenvalue weighted by Gasteiger charge is -2.31. The lowest BCUT2D eigenvalue weighted by molar-refractivity contribution is -0.139. The summed E-state index contributed by atoms with van der Waals surface area (Å²) in [7, 11) is 0. The predicted molar refractivity (Wildman–Crippen MR) is 133 cm³/mol. The summed E-state index contributed by atoms with van der Waals surface area (Å²) >= 11 is 3.46. The average molecular weight is 508 g/mol. The van der Waals surface area contributed by atoms with Crippen LogP contribution < -0.4 is 10.2 Å². The quantitative estimate of drug-likeness (QED) is 0.511. The Morgan fingerprint density at radius 1 is 1.03 bits per heavy atom. The molecular weight excluding hydrogens is 482 g/mol. The van der Waals surface area contributed by atoms with Crippen LogP contribution in [-0.2, 0) is 16.1 Å². The van der Waals surface area contributed by atoms with Crippen molar-refractivity contribution in [2.24, 2.45) is 0 Å². The van der Waals surface area contributed by atoms with E-state index in [0.717, 1.165) is 26.5 Å². The molecule has 1 unspecified atom stereocenters. The number of halogens is 1. The number of anilines is 1. The van der Waals surface area contributed by atoms with Crippen LogP contribution in [0.4, 0.5) is 5.69 Å². The zero-order chi connectivity index (χ0) is 23.7. The second-order valence-corrected chi connectivity index (χ2v) is 9.48. The topological polar surface area (TPSA) is 69.7 Å². The third kappa shape index (κ3) is 4.64. The van der Waals surface area contributed by atoms with Crippen molar-refractivity contribution in [2.45, 2.75) is 39.4 Å². The summed E-state index contributed by atoms with van der Waals surface area (Å²) in [5, 5.41) is 4.71. The van der Waals surface area contributed by atoms with E-state index in [9.17, 15) is 14.4 Å². The first-order valence-corrected chi connectivity index (χ1v) is 11.7. The highest BCUT2D eigenvalue weighted by Gasteiger charge is 2.34. The largest absolute Gasteiger partial charge is 0.352 e. The van der Waals surface area contributed by atoms with E-state index >= 15 is 0 Å². The first-order valence-electron chi connectivity index (χ1n) is 10.9. The molecule has 0 radical (unpaired) electrons. The minimum absolute atomic E-state index is 0.0463. The average Bonchev–Trinajstić information content (AvgIpc) is 3.04. The van der Waals surface area contributed by atoms with Crippen LogP contribution in [0, 0.1) is 0 Å². The maximum atomic E-state index is 13.6. The summed E-state index contributed by atoms with van der Waals surface area (Å²) in [6.45, 7) is 5.59. The van der Waals surface area contributed by atoms with Crippen LogP contribution >= 0.6 is 15.9 Å². The summed E-state index contributed by atoms with van der Waals surface area (Å²) in [4.78, 5) is 42.6. The van der Waals surface area contributed by atoms with Crippen LogP contribution in [0.5, 0.6) is 0 Å². The molecule has 0 spiro atoms. The van der Waals surface area contributed by atoms with Crippen LogP contribution in [-0.4, -0.2) is 41.2 Å². The van der Waals surface area contributed by atoms with Gasteiger partial charge in [-0.3, -0.25) is 19.3 Å². The van der Waals surface area contributed by atoms with Gasteiger partial charge in [0.2, 0.25) is 11.8 Å². The van der Waals surface area contributed by atoms with Crippen LogP contribution in [0.1, 0.15) is 36.7 Å². The molecule has 170 valence electrons. The molecule has 0 saturated heterocycles. The lowest BCUT2D eigenvalue weighted by Crippen LogP contribution is -2.51. The number of hydrogen-bond acceptors (Lipinski definition) is 3. The van der Waals surface area contributed by atoms with Gasteiger partial charge in [-0.05, 0) is 56.0 Å². The molecule has 1 atom stereocenters. The molecule has 4 rings (SSSR count). The summed E-state index contributed by atoms with van der Waals surface area (Å²) in [6, 6.07) is 18.2. The third-order valence-corrected chi connectivity index (χ3v) is 6.28. The van der Waals surface area contributed by atoms with E-state index in [0.29, 0.717) is 5.56 Å². The molecule has 3 aromatic carbocycles. The third-order valence-electron chi connectivity index (χ3n) is 5.78. The van der Waals surface area contributed by atoms with Gasteiger partial charge in [-0.25, -0.2) is 0 Å². The molecule has 1 heterocycles. The minimum Gasteiger partial charge on any atom is -0.352 e. The molecule has 0 fully saturated rings. The number of rotatable bonds is 7. The van der Waals surface area contributed by atoms with Crippen molar-refractivity contribution < 1.29 is 14.4 Å². The number of benzene rings is 3. The highest BCUT2D eigenvalue weighted by Crippen LogP contribution is 2.37. The van der Waals surface area contributed by atoms with E-state index in [4.69, 9.17) is 0 Å². The van der Waals surface area contributed by atoms with E-state index in [1.165, 1.54) is 9.80 Å². The number of nitrogens with zero attached hydrogens (tertiary/aromatic N) is 2. The van der Waals surface area contributed by atoms with Crippen molar-refractivity contribution in [2.75, 3.05) is 11.4 Å². The molecule has 6 nitrogen and oxygen atoms in total. The van der Waals surface area contributed by atoms with Crippen LogP contribution in [0.15, 0.2) is 65.1 Å². The Morgan fingerprint density at radius 2 is 1.73 bits per heavy atom. The van der Waals surface area contributed by atoms with Gasteiger partial charge in [0.1, 0.15) is 12.6 Å². The standard InChI is InChI=1S/C26H26BrN3O3/c1-16(2)28-25(32)17(3)29(14-18-7-4-10-20(27)13-18)23(31)15-30-22-12-6-9-19-8-5-11-21(24(19)22)26(30)33/h4-13,16-17H,14-15H2,1-3H3,(H,28,32). The molecule has 1 aliphatic rings. The minimum atomic E-state index is -0.699. The number of carbonyl (C=O) groups excluding carboxylic acids is 3. The van der Waals surface area contributed by atoms with Crippen molar-refractivity contribution in [1.82, 2.24) is 10.2 Å². The molecule has 1 N–H and O–H groups in total. The second kappa shape index (κ2) is 9.35. The predicted octanol–water partition coefficient (Wildman–Crippen LogP) is 4.50. The lowest BCUT2D eigenvalue weighted by atomic mass is 10.1. The van der Waals surface area contributed by atoms with Gasteiger partial charge in [0.15, 0.2) is 0 Å². The molecule has 1 aliphatic heterocycles. The first kappa shape index (κ1) is 23.0. The van der Waals surface area contributed by atoms with Crippen LogP contribution in [0.3, 0.4) is 0 Å². The molecule has 7 heteroatoms. The Hall–Kier alpha value is -3.19. The van der Waals surface area contributed by atoms with Gasteiger partial charge in [-0.15, -0.1) is 0 Å². The van der Waals surface area contributed by atoms with Gasteiger partial charge in [0.05, 0.1) is 5.69 Å². The van der Waals surface area contributed by atoms with Crippen molar-refractivity contribution in [3.05, 3.63) is 76.3 Å². The monoisotopic (exact) mass is 507 g/mol. The maximum Gasteiger partial charge on any atom is 0.259 e. The molecule has 0 aliphatic carbocycles. The molecule has 0 bridgehead atoms. The molecular formula is C26H26BrN3O3. The van der Waals surface area contributed by atoms with E-state index in [1.54, 1.807) is 13.0 Å². The Bertz CT molecular complexity index is 1240. The summed E-state index contributed by atoms with van der Waals surface area (Å²) < 4.78 is 0.892. The number of amides is 3. The van der Waals surface area contributed by atoms with E-state index < -0.39 is 6.04 Å². The Morgan fingerprint density at radius 3 is 2.42 bits per heavy atom. The van der Waals surface area contributed by atoms with Gasteiger partial charge in [-0.1, -0.05) is 52.3 Å². The fourth-order valence-corrected chi connectivity index (χ4v) is 4.63.